The molecule has 0 bridgehead atoms. The molecule has 1 aromatic carbocycles. The summed E-state index contributed by atoms with van der Waals surface area (Å²) in [5.74, 6) is -2.14. The second-order valence-corrected chi connectivity index (χ2v) is 4.73. The lowest BCUT2D eigenvalue weighted by Crippen LogP contribution is -2.43. The number of carbonyl (C=O) groups is 3. The number of nitrogens with zero attached hydrogens (tertiary/aromatic N) is 1. The number of esters is 1. The van der Waals surface area contributed by atoms with Crippen LogP contribution in [0.1, 0.15) is 16.8 Å². The van der Waals surface area contributed by atoms with Gasteiger partial charge in [0.05, 0.1) is 18.7 Å². The Hall–Kier alpha value is -2.41. The monoisotopic (exact) mass is 292 g/mol. The molecule has 1 aliphatic heterocycles. The topological polar surface area (TPSA) is 110 Å². The molecule has 1 fully saturated rings. The SMILES string of the molecule is NCC(=O)N1C[C@H](OC(=O)c2ccccc2)C[C@H]1C(=O)O. The van der Waals surface area contributed by atoms with Gasteiger partial charge in [-0.3, -0.25) is 4.79 Å². The molecule has 0 saturated carbocycles. The Morgan fingerprint density at radius 1 is 1.29 bits per heavy atom. The molecule has 7 nitrogen and oxygen atoms in total. The average molecular weight is 292 g/mol. The second kappa shape index (κ2) is 6.36. The van der Waals surface area contributed by atoms with Crippen LogP contribution < -0.4 is 5.73 Å². The minimum Gasteiger partial charge on any atom is -0.480 e. The number of rotatable bonds is 4. The number of benzene rings is 1. The number of ether oxygens (including phenoxy) is 1. The van der Waals surface area contributed by atoms with Crippen molar-refractivity contribution in [2.45, 2.75) is 18.6 Å². The van der Waals surface area contributed by atoms with Crippen LogP contribution in [0.5, 0.6) is 0 Å². The molecule has 2 atom stereocenters. The number of amides is 1. The van der Waals surface area contributed by atoms with Crippen molar-refractivity contribution in [3.05, 3.63) is 35.9 Å². The summed E-state index contributed by atoms with van der Waals surface area (Å²) in [5, 5.41) is 9.12. The van der Waals surface area contributed by atoms with Crippen LogP contribution in [0.2, 0.25) is 0 Å². The molecule has 0 spiro atoms. The molecule has 0 aromatic heterocycles. The number of nitrogens with two attached hydrogens (primary N) is 1. The largest absolute Gasteiger partial charge is 0.480 e. The highest BCUT2D eigenvalue weighted by molar-refractivity contribution is 5.90. The van der Waals surface area contributed by atoms with Crippen molar-refractivity contribution in [3.63, 3.8) is 0 Å². The molecule has 0 radical (unpaired) electrons. The molecule has 1 heterocycles. The van der Waals surface area contributed by atoms with Crippen molar-refractivity contribution >= 4 is 17.8 Å². The van der Waals surface area contributed by atoms with E-state index >= 15 is 0 Å². The van der Waals surface area contributed by atoms with E-state index in [2.05, 4.69) is 0 Å². The van der Waals surface area contributed by atoms with E-state index in [1.165, 1.54) is 0 Å². The maximum atomic E-state index is 11.9. The van der Waals surface area contributed by atoms with Crippen LogP contribution in [-0.2, 0) is 14.3 Å². The lowest BCUT2D eigenvalue weighted by atomic mass is 10.2. The van der Waals surface area contributed by atoms with Crippen LogP contribution in [0.25, 0.3) is 0 Å². The van der Waals surface area contributed by atoms with E-state index in [1.807, 2.05) is 0 Å². The first-order valence-corrected chi connectivity index (χ1v) is 6.51. The fraction of sp³-hybridized carbons (Fsp3) is 0.357. The highest BCUT2D eigenvalue weighted by Gasteiger charge is 2.40. The quantitative estimate of drug-likeness (QED) is 0.747. The first-order valence-electron chi connectivity index (χ1n) is 6.51. The molecule has 1 aliphatic rings. The van der Waals surface area contributed by atoms with Gasteiger partial charge < -0.3 is 20.5 Å². The van der Waals surface area contributed by atoms with E-state index in [0.29, 0.717) is 5.56 Å². The van der Waals surface area contributed by atoms with Crippen LogP contribution in [0, 0.1) is 0 Å². The van der Waals surface area contributed by atoms with E-state index < -0.39 is 30.0 Å². The van der Waals surface area contributed by atoms with Crippen molar-refractivity contribution in [1.29, 1.82) is 0 Å². The number of likely N-dealkylation sites (tertiary alicyclic amines) is 1. The second-order valence-electron chi connectivity index (χ2n) is 4.73. The van der Waals surface area contributed by atoms with Gasteiger partial charge in [-0.1, -0.05) is 18.2 Å². The number of carboxylic acid groups (broad SMARTS) is 1. The predicted octanol–water partition coefficient (Wildman–Crippen LogP) is -0.144. The zero-order chi connectivity index (χ0) is 15.4. The number of hydrogen-bond donors (Lipinski definition) is 2. The van der Waals surface area contributed by atoms with Crippen molar-refractivity contribution < 1.29 is 24.2 Å². The minimum atomic E-state index is -1.13. The Kier molecular flexibility index (Phi) is 4.54. The molecular weight excluding hydrogens is 276 g/mol. The Morgan fingerprint density at radius 3 is 2.52 bits per heavy atom. The molecule has 1 aromatic rings. The van der Waals surface area contributed by atoms with Crippen LogP contribution >= 0.6 is 0 Å². The predicted molar refractivity (Wildman–Crippen MR) is 72.5 cm³/mol. The summed E-state index contributed by atoms with van der Waals surface area (Å²) in [5.41, 5.74) is 5.64. The zero-order valence-corrected chi connectivity index (χ0v) is 11.3. The maximum absolute atomic E-state index is 11.9. The van der Waals surface area contributed by atoms with Gasteiger partial charge in [0.1, 0.15) is 12.1 Å². The first kappa shape index (κ1) is 15.0. The van der Waals surface area contributed by atoms with Gasteiger partial charge in [0, 0.05) is 6.42 Å². The highest BCUT2D eigenvalue weighted by atomic mass is 16.5. The number of hydrogen-bond acceptors (Lipinski definition) is 5. The van der Waals surface area contributed by atoms with Gasteiger partial charge >= 0.3 is 11.9 Å². The molecule has 7 heteroatoms. The minimum absolute atomic E-state index is 0.0472. The van der Waals surface area contributed by atoms with E-state index in [0.717, 1.165) is 4.90 Å². The first-order chi connectivity index (χ1) is 10.0. The fourth-order valence-corrected chi connectivity index (χ4v) is 2.30. The van der Waals surface area contributed by atoms with Gasteiger partial charge in [0.25, 0.3) is 0 Å². The fourth-order valence-electron chi connectivity index (χ4n) is 2.30. The van der Waals surface area contributed by atoms with Gasteiger partial charge in [-0.2, -0.15) is 0 Å². The molecule has 1 saturated heterocycles. The lowest BCUT2D eigenvalue weighted by Gasteiger charge is -2.19. The molecule has 1 amide bonds. The van der Waals surface area contributed by atoms with E-state index in [4.69, 9.17) is 15.6 Å². The third kappa shape index (κ3) is 3.38. The summed E-state index contributed by atoms with van der Waals surface area (Å²) < 4.78 is 5.27. The third-order valence-electron chi connectivity index (χ3n) is 3.33. The summed E-state index contributed by atoms with van der Waals surface area (Å²) in [6.45, 7) is -0.227. The lowest BCUT2D eigenvalue weighted by molar-refractivity contribution is -0.147. The van der Waals surface area contributed by atoms with Crippen LogP contribution in [-0.4, -0.2) is 53.1 Å². The van der Waals surface area contributed by atoms with E-state index in [1.54, 1.807) is 30.3 Å². The highest BCUT2D eigenvalue weighted by Crippen LogP contribution is 2.21. The summed E-state index contributed by atoms with van der Waals surface area (Å²) in [4.78, 5) is 35.9. The Bertz CT molecular complexity index is 546. The summed E-state index contributed by atoms with van der Waals surface area (Å²) >= 11 is 0. The molecule has 0 aliphatic carbocycles. The molecule has 112 valence electrons. The van der Waals surface area contributed by atoms with Gasteiger partial charge in [-0.25, -0.2) is 9.59 Å². The summed E-state index contributed by atoms with van der Waals surface area (Å²) in [7, 11) is 0. The smallest absolute Gasteiger partial charge is 0.338 e. The molecule has 3 N–H and O–H groups in total. The standard InChI is InChI=1S/C14H16N2O5/c15-7-12(17)16-8-10(6-11(16)13(18)19)21-14(20)9-4-2-1-3-5-9/h1-5,10-11H,6-8,15H2,(H,18,19)/t10-,11+/m1/s1. The van der Waals surface area contributed by atoms with Crippen molar-refractivity contribution in [2.75, 3.05) is 13.1 Å². The van der Waals surface area contributed by atoms with Crippen molar-refractivity contribution in [3.8, 4) is 0 Å². The van der Waals surface area contributed by atoms with E-state index in [-0.39, 0.29) is 19.5 Å². The summed E-state index contributed by atoms with van der Waals surface area (Å²) in [6, 6.07) is 7.39. The van der Waals surface area contributed by atoms with Gasteiger partial charge in [-0.15, -0.1) is 0 Å². The average Bonchev–Trinajstić information content (AvgIpc) is 2.91. The van der Waals surface area contributed by atoms with Crippen molar-refractivity contribution in [1.82, 2.24) is 4.90 Å². The van der Waals surface area contributed by atoms with E-state index in [9.17, 15) is 14.4 Å². The molecule has 0 unspecified atom stereocenters. The Morgan fingerprint density at radius 2 is 1.95 bits per heavy atom. The number of aliphatic carboxylic acids is 1. The Labute approximate surface area is 121 Å². The van der Waals surface area contributed by atoms with Crippen LogP contribution in [0.3, 0.4) is 0 Å². The molecule has 2 rings (SSSR count). The zero-order valence-electron chi connectivity index (χ0n) is 11.3. The number of carboxylic acids is 1. The van der Waals surface area contributed by atoms with Crippen molar-refractivity contribution in [2.24, 2.45) is 5.73 Å². The number of carbonyl (C=O) groups excluding carboxylic acids is 2. The molecule has 21 heavy (non-hydrogen) atoms. The normalized spacial score (nSPS) is 21.1. The van der Waals surface area contributed by atoms with Crippen LogP contribution in [0.4, 0.5) is 0 Å². The van der Waals surface area contributed by atoms with Gasteiger partial charge in [0.2, 0.25) is 5.91 Å². The van der Waals surface area contributed by atoms with Crippen LogP contribution in [0.15, 0.2) is 30.3 Å². The summed E-state index contributed by atoms with van der Waals surface area (Å²) in [6.07, 6.45) is -0.575. The van der Waals surface area contributed by atoms with Gasteiger partial charge in [-0.05, 0) is 12.1 Å². The Balaban J connectivity index is 2.04. The third-order valence-corrected chi connectivity index (χ3v) is 3.33. The molecular formula is C14H16N2O5. The maximum Gasteiger partial charge on any atom is 0.338 e. The van der Waals surface area contributed by atoms with Gasteiger partial charge in [0.15, 0.2) is 0 Å².